The molecule has 160 valence electrons. The number of likely N-dealkylation sites (tertiary alicyclic amines) is 1. The number of guanidine groups is 1. The molecule has 1 aliphatic heterocycles. The Morgan fingerprint density at radius 1 is 1.13 bits per heavy atom. The van der Waals surface area contributed by atoms with Crippen molar-refractivity contribution in [2.24, 2.45) is 10.9 Å². The van der Waals surface area contributed by atoms with Gasteiger partial charge in [-0.15, -0.1) is 0 Å². The third-order valence-corrected chi connectivity index (χ3v) is 5.70. The minimum atomic E-state index is -0.0563. The summed E-state index contributed by atoms with van der Waals surface area (Å²) in [5.41, 5.74) is 2.44. The number of carbonyl (C=O) groups is 1. The number of carbonyl (C=O) groups excluding carboxylic acids is 1. The maximum atomic E-state index is 12.3. The molecule has 30 heavy (non-hydrogen) atoms. The molecular formula is C24H32N4O2. The number of hydrogen-bond acceptors (Lipinski definition) is 3. The molecule has 1 heterocycles. The molecule has 6 nitrogen and oxygen atoms in total. The fourth-order valence-corrected chi connectivity index (χ4v) is 4.03. The van der Waals surface area contributed by atoms with Crippen LogP contribution >= 0.6 is 0 Å². The largest absolute Gasteiger partial charge is 0.497 e. The zero-order valence-electron chi connectivity index (χ0n) is 18.1. The first-order chi connectivity index (χ1) is 14.6. The summed E-state index contributed by atoms with van der Waals surface area (Å²) in [5, 5.41) is 6.15. The van der Waals surface area contributed by atoms with Gasteiger partial charge in [-0.25, -0.2) is 0 Å². The predicted octanol–water partition coefficient (Wildman–Crippen LogP) is 3.01. The number of methoxy groups -OCH3 is 1. The highest BCUT2D eigenvalue weighted by Gasteiger charge is 2.28. The summed E-state index contributed by atoms with van der Waals surface area (Å²) < 4.78 is 5.15. The Balaban J connectivity index is 1.45. The lowest BCUT2D eigenvalue weighted by atomic mass is 9.82. The van der Waals surface area contributed by atoms with Crippen LogP contribution in [0, 0.1) is 5.92 Å². The Kier molecular flexibility index (Phi) is 7.71. The van der Waals surface area contributed by atoms with E-state index in [0.29, 0.717) is 18.4 Å². The van der Waals surface area contributed by atoms with Gasteiger partial charge in [-0.1, -0.05) is 49.4 Å². The fourth-order valence-electron chi connectivity index (χ4n) is 4.03. The van der Waals surface area contributed by atoms with Crippen LogP contribution in [0.25, 0.3) is 0 Å². The van der Waals surface area contributed by atoms with E-state index in [4.69, 9.17) is 4.74 Å². The average molecular weight is 409 g/mol. The second-order valence-corrected chi connectivity index (χ2v) is 7.75. The number of rotatable bonds is 6. The first kappa shape index (κ1) is 21.7. The summed E-state index contributed by atoms with van der Waals surface area (Å²) >= 11 is 0. The van der Waals surface area contributed by atoms with Gasteiger partial charge in [0, 0.05) is 26.7 Å². The number of nitrogens with zero attached hydrogens (tertiary/aromatic N) is 2. The molecule has 0 aliphatic carbocycles. The lowest BCUT2D eigenvalue weighted by molar-refractivity contribution is -0.120. The maximum Gasteiger partial charge on any atom is 0.239 e. The van der Waals surface area contributed by atoms with Crippen molar-refractivity contribution in [2.75, 3.05) is 33.8 Å². The molecule has 3 rings (SSSR count). The molecule has 2 aromatic rings. The maximum absolute atomic E-state index is 12.3. The van der Waals surface area contributed by atoms with Gasteiger partial charge in [0.05, 0.1) is 13.7 Å². The van der Waals surface area contributed by atoms with Crippen molar-refractivity contribution in [1.82, 2.24) is 15.5 Å². The number of benzene rings is 2. The van der Waals surface area contributed by atoms with Gasteiger partial charge in [0.2, 0.25) is 5.91 Å². The number of nitrogens with one attached hydrogen (secondary N) is 2. The molecule has 1 fully saturated rings. The smallest absolute Gasteiger partial charge is 0.239 e. The molecule has 2 atom stereocenters. The molecular weight excluding hydrogens is 376 g/mol. The third kappa shape index (κ3) is 5.75. The summed E-state index contributed by atoms with van der Waals surface area (Å²) in [6.45, 7) is 4.83. The Bertz CT molecular complexity index is 836. The molecule has 1 amide bonds. The summed E-state index contributed by atoms with van der Waals surface area (Å²) in [4.78, 5) is 18.9. The Morgan fingerprint density at radius 2 is 1.87 bits per heavy atom. The van der Waals surface area contributed by atoms with Crippen LogP contribution in [-0.2, 0) is 11.3 Å². The summed E-state index contributed by atoms with van der Waals surface area (Å²) in [6.07, 6.45) is 1.08. The van der Waals surface area contributed by atoms with Crippen molar-refractivity contribution in [2.45, 2.75) is 25.8 Å². The highest BCUT2D eigenvalue weighted by Crippen LogP contribution is 2.32. The van der Waals surface area contributed by atoms with Gasteiger partial charge in [0.25, 0.3) is 0 Å². The fraction of sp³-hybridized carbons (Fsp3) is 0.417. The molecule has 0 saturated carbocycles. The molecule has 0 bridgehead atoms. The van der Waals surface area contributed by atoms with E-state index in [1.807, 2.05) is 24.3 Å². The lowest BCUT2D eigenvalue weighted by Gasteiger charge is -2.38. The first-order valence-corrected chi connectivity index (χ1v) is 10.5. The highest BCUT2D eigenvalue weighted by molar-refractivity contribution is 5.86. The summed E-state index contributed by atoms with van der Waals surface area (Å²) in [7, 11) is 3.41. The van der Waals surface area contributed by atoms with E-state index in [9.17, 15) is 4.79 Å². The van der Waals surface area contributed by atoms with Crippen molar-refractivity contribution >= 4 is 11.9 Å². The molecule has 2 unspecified atom stereocenters. The monoisotopic (exact) mass is 408 g/mol. The second-order valence-electron chi connectivity index (χ2n) is 7.75. The molecule has 0 radical (unpaired) electrons. The quantitative estimate of drug-likeness (QED) is 0.570. The standard InChI is InChI=1S/C24H32N4O2/c1-18-17-28(14-13-22(18)20-7-5-4-6-8-20)24(25-2)27-16-23(29)26-15-19-9-11-21(30-3)12-10-19/h4-12,18,22H,13-17H2,1-3H3,(H,25,27)(H,26,29). The normalized spacial score (nSPS) is 19.3. The van der Waals surface area contributed by atoms with E-state index in [2.05, 4.69) is 57.8 Å². The van der Waals surface area contributed by atoms with Crippen LogP contribution in [-0.4, -0.2) is 50.6 Å². The van der Waals surface area contributed by atoms with Gasteiger partial charge in [-0.3, -0.25) is 9.79 Å². The SMILES string of the molecule is CN=C(NCC(=O)NCc1ccc(OC)cc1)N1CCC(c2ccccc2)C(C)C1. The van der Waals surface area contributed by atoms with Crippen LogP contribution in [0.15, 0.2) is 59.6 Å². The van der Waals surface area contributed by atoms with E-state index >= 15 is 0 Å². The van der Waals surface area contributed by atoms with Crippen molar-refractivity contribution in [3.05, 3.63) is 65.7 Å². The van der Waals surface area contributed by atoms with E-state index in [1.54, 1.807) is 14.2 Å². The number of hydrogen-bond donors (Lipinski definition) is 2. The van der Waals surface area contributed by atoms with Gasteiger partial charge in [0.15, 0.2) is 5.96 Å². The van der Waals surface area contributed by atoms with Crippen LogP contribution < -0.4 is 15.4 Å². The minimum Gasteiger partial charge on any atom is -0.497 e. The van der Waals surface area contributed by atoms with Crippen molar-refractivity contribution in [3.8, 4) is 5.75 Å². The van der Waals surface area contributed by atoms with Crippen molar-refractivity contribution < 1.29 is 9.53 Å². The number of aliphatic imine (C=N–C) groups is 1. The number of ether oxygens (including phenoxy) is 1. The Morgan fingerprint density at radius 3 is 2.50 bits per heavy atom. The van der Waals surface area contributed by atoms with Crippen LogP contribution in [0.1, 0.15) is 30.4 Å². The van der Waals surface area contributed by atoms with Crippen molar-refractivity contribution in [3.63, 3.8) is 0 Å². The zero-order chi connectivity index (χ0) is 21.3. The first-order valence-electron chi connectivity index (χ1n) is 10.5. The Labute approximate surface area is 179 Å². The van der Waals surface area contributed by atoms with E-state index in [1.165, 1.54) is 5.56 Å². The molecule has 2 N–H and O–H groups in total. The molecule has 0 aromatic heterocycles. The van der Waals surface area contributed by atoms with Crippen LogP contribution in [0.4, 0.5) is 0 Å². The third-order valence-electron chi connectivity index (χ3n) is 5.70. The summed E-state index contributed by atoms with van der Waals surface area (Å²) in [6, 6.07) is 18.4. The van der Waals surface area contributed by atoms with Crippen LogP contribution in [0.3, 0.4) is 0 Å². The van der Waals surface area contributed by atoms with Gasteiger partial charge in [-0.05, 0) is 41.5 Å². The number of amides is 1. The van der Waals surface area contributed by atoms with Gasteiger partial charge in [-0.2, -0.15) is 0 Å². The van der Waals surface area contributed by atoms with Gasteiger partial charge >= 0.3 is 0 Å². The topological polar surface area (TPSA) is 66.0 Å². The van der Waals surface area contributed by atoms with E-state index in [-0.39, 0.29) is 12.5 Å². The molecule has 6 heteroatoms. The zero-order valence-corrected chi connectivity index (χ0v) is 18.1. The molecule has 0 spiro atoms. The summed E-state index contributed by atoms with van der Waals surface area (Å²) in [5.74, 6) is 2.62. The predicted molar refractivity (Wildman–Crippen MR) is 121 cm³/mol. The minimum absolute atomic E-state index is 0.0563. The van der Waals surface area contributed by atoms with E-state index < -0.39 is 0 Å². The second kappa shape index (κ2) is 10.7. The van der Waals surface area contributed by atoms with E-state index in [0.717, 1.165) is 36.8 Å². The average Bonchev–Trinajstić information content (AvgIpc) is 2.79. The van der Waals surface area contributed by atoms with Crippen molar-refractivity contribution in [1.29, 1.82) is 0 Å². The lowest BCUT2D eigenvalue weighted by Crippen LogP contribution is -2.50. The highest BCUT2D eigenvalue weighted by atomic mass is 16.5. The van der Waals surface area contributed by atoms with Crippen LogP contribution in [0.2, 0.25) is 0 Å². The van der Waals surface area contributed by atoms with Crippen LogP contribution in [0.5, 0.6) is 5.75 Å². The molecule has 1 saturated heterocycles. The Hall–Kier alpha value is -3.02. The van der Waals surface area contributed by atoms with Gasteiger partial charge < -0.3 is 20.3 Å². The van der Waals surface area contributed by atoms with Gasteiger partial charge in [0.1, 0.15) is 5.75 Å². The molecule has 1 aliphatic rings. The number of piperidine rings is 1. The molecule has 2 aromatic carbocycles.